The van der Waals surface area contributed by atoms with E-state index in [1.54, 1.807) is 25.3 Å². The minimum atomic E-state index is -0.0141. The number of morpholine rings is 1. The number of benzene rings is 1. The van der Waals surface area contributed by atoms with E-state index >= 15 is 0 Å². The summed E-state index contributed by atoms with van der Waals surface area (Å²) < 4.78 is 5.94. The molecular weight excluding hydrogens is 330 g/mol. The maximum Gasteiger partial charge on any atom is 0.224 e. The highest BCUT2D eigenvalue weighted by Gasteiger charge is 2.38. The number of carbonyl (C=O) groups excluding carboxylic acids is 1. The Labute approximate surface area is 153 Å². The second kappa shape index (κ2) is 7.17. The molecule has 138 valence electrons. The van der Waals surface area contributed by atoms with Gasteiger partial charge in [-0.05, 0) is 18.6 Å². The molecule has 1 amide bonds. The zero-order valence-electron chi connectivity index (χ0n) is 15.3. The zero-order valence-corrected chi connectivity index (χ0v) is 15.3. The lowest BCUT2D eigenvalue weighted by atomic mass is 10.1. The average Bonchev–Trinajstić information content (AvgIpc) is 3.03. The van der Waals surface area contributed by atoms with Crippen LogP contribution in [-0.4, -0.2) is 77.7 Å². The molecule has 1 aromatic heterocycles. The number of para-hydroxylation sites is 1. The number of fused-ring (bicyclic) bond motifs is 2. The van der Waals surface area contributed by atoms with Crippen molar-refractivity contribution in [1.29, 1.82) is 0 Å². The number of hydrogen-bond acceptors (Lipinski definition) is 6. The number of ether oxygens (including phenoxy) is 1. The highest BCUT2D eigenvalue weighted by atomic mass is 16.5. The first kappa shape index (κ1) is 17.2. The first-order valence-electron chi connectivity index (χ1n) is 9.12. The van der Waals surface area contributed by atoms with Gasteiger partial charge >= 0.3 is 0 Å². The number of nitrogens with zero attached hydrogens (tertiary/aromatic N) is 4. The van der Waals surface area contributed by atoms with E-state index in [-0.39, 0.29) is 12.0 Å². The van der Waals surface area contributed by atoms with Crippen LogP contribution in [0.5, 0.6) is 0 Å². The predicted molar refractivity (Wildman–Crippen MR) is 100.0 cm³/mol. The standard InChI is InChI=1S/C19H25N5O2/c1-23(2)18(25)8-15-10-24-9-13(7-14(24)11-26-15)22-19-16-5-3-4-6-17(16)20-12-21-19/h3-6,12-15H,7-11H2,1-2H3,(H,20,21,22)/t13-,14-,15-/m0/s1. The summed E-state index contributed by atoms with van der Waals surface area (Å²) in [6, 6.07) is 8.78. The van der Waals surface area contributed by atoms with Gasteiger partial charge in [0.2, 0.25) is 5.91 Å². The smallest absolute Gasteiger partial charge is 0.224 e. The summed E-state index contributed by atoms with van der Waals surface area (Å²) >= 11 is 0. The number of nitrogens with one attached hydrogen (secondary N) is 1. The average molecular weight is 355 g/mol. The summed E-state index contributed by atoms with van der Waals surface area (Å²) in [5, 5.41) is 4.64. The molecular formula is C19H25N5O2. The van der Waals surface area contributed by atoms with Crippen molar-refractivity contribution in [3.05, 3.63) is 30.6 Å². The van der Waals surface area contributed by atoms with E-state index in [4.69, 9.17) is 4.74 Å². The van der Waals surface area contributed by atoms with Crippen LogP contribution in [0, 0.1) is 0 Å². The summed E-state index contributed by atoms with van der Waals surface area (Å²) in [4.78, 5) is 24.8. The minimum absolute atomic E-state index is 0.0141. The van der Waals surface area contributed by atoms with Crippen molar-refractivity contribution in [3.63, 3.8) is 0 Å². The monoisotopic (exact) mass is 355 g/mol. The summed E-state index contributed by atoms with van der Waals surface area (Å²) in [6.07, 6.45) is 3.07. The lowest BCUT2D eigenvalue weighted by molar-refractivity contribution is -0.134. The number of aromatic nitrogens is 2. The molecule has 3 heterocycles. The first-order chi connectivity index (χ1) is 12.6. The van der Waals surface area contributed by atoms with Crippen LogP contribution in [0.2, 0.25) is 0 Å². The first-order valence-corrected chi connectivity index (χ1v) is 9.12. The molecule has 3 atom stereocenters. The Morgan fingerprint density at radius 2 is 2.15 bits per heavy atom. The van der Waals surface area contributed by atoms with Gasteiger partial charge in [0.1, 0.15) is 12.1 Å². The SMILES string of the molecule is CN(C)C(=O)C[C@H]1CN2C[C@@H](Nc3ncnc4ccccc34)C[C@H]2CO1. The largest absolute Gasteiger partial charge is 0.375 e. The van der Waals surface area contributed by atoms with Crippen molar-refractivity contribution in [2.24, 2.45) is 0 Å². The fourth-order valence-electron chi connectivity index (χ4n) is 3.86. The van der Waals surface area contributed by atoms with Gasteiger partial charge in [-0.3, -0.25) is 9.69 Å². The van der Waals surface area contributed by atoms with E-state index in [9.17, 15) is 4.79 Å². The van der Waals surface area contributed by atoms with Crippen LogP contribution in [-0.2, 0) is 9.53 Å². The molecule has 7 heteroatoms. The third-order valence-corrected chi connectivity index (χ3v) is 5.28. The van der Waals surface area contributed by atoms with Crippen molar-refractivity contribution in [2.75, 3.05) is 39.1 Å². The molecule has 0 bridgehead atoms. The minimum Gasteiger partial charge on any atom is -0.375 e. The van der Waals surface area contributed by atoms with Gasteiger partial charge in [-0.2, -0.15) is 0 Å². The van der Waals surface area contributed by atoms with Crippen LogP contribution < -0.4 is 5.32 Å². The molecule has 0 aliphatic carbocycles. The molecule has 0 spiro atoms. The third kappa shape index (κ3) is 3.50. The van der Waals surface area contributed by atoms with Gasteiger partial charge in [0.05, 0.1) is 24.6 Å². The molecule has 0 unspecified atom stereocenters. The second-order valence-corrected chi connectivity index (χ2v) is 7.37. The summed E-state index contributed by atoms with van der Waals surface area (Å²) in [5.74, 6) is 1.01. The molecule has 2 saturated heterocycles. The molecule has 2 fully saturated rings. The van der Waals surface area contributed by atoms with Gasteiger partial charge < -0.3 is 15.0 Å². The third-order valence-electron chi connectivity index (χ3n) is 5.28. The molecule has 0 saturated carbocycles. The maximum atomic E-state index is 11.9. The molecule has 7 nitrogen and oxygen atoms in total. The number of anilines is 1. The number of hydrogen-bond donors (Lipinski definition) is 1. The topological polar surface area (TPSA) is 70.6 Å². The van der Waals surface area contributed by atoms with Crippen molar-refractivity contribution in [3.8, 4) is 0 Å². The van der Waals surface area contributed by atoms with E-state index < -0.39 is 0 Å². The fraction of sp³-hybridized carbons (Fsp3) is 0.526. The Morgan fingerprint density at radius 1 is 1.31 bits per heavy atom. The Morgan fingerprint density at radius 3 is 3.00 bits per heavy atom. The van der Waals surface area contributed by atoms with Gasteiger partial charge in [0.15, 0.2) is 0 Å². The van der Waals surface area contributed by atoms with E-state index in [1.165, 1.54) is 0 Å². The number of rotatable bonds is 4. The maximum absolute atomic E-state index is 11.9. The summed E-state index contributed by atoms with van der Waals surface area (Å²) in [5.41, 5.74) is 0.950. The number of amides is 1. The van der Waals surface area contributed by atoms with Crippen LogP contribution in [0.4, 0.5) is 5.82 Å². The molecule has 26 heavy (non-hydrogen) atoms. The van der Waals surface area contributed by atoms with E-state index in [2.05, 4.69) is 20.2 Å². The van der Waals surface area contributed by atoms with Crippen molar-refractivity contribution in [1.82, 2.24) is 19.8 Å². The Balaban J connectivity index is 1.40. The molecule has 2 aliphatic rings. The van der Waals surface area contributed by atoms with Crippen molar-refractivity contribution < 1.29 is 9.53 Å². The van der Waals surface area contributed by atoms with Crippen LogP contribution in [0.1, 0.15) is 12.8 Å². The molecule has 1 aromatic carbocycles. The van der Waals surface area contributed by atoms with Crippen molar-refractivity contribution in [2.45, 2.75) is 31.0 Å². The van der Waals surface area contributed by atoms with Crippen LogP contribution in [0.3, 0.4) is 0 Å². The van der Waals surface area contributed by atoms with Crippen LogP contribution >= 0.6 is 0 Å². The zero-order chi connectivity index (χ0) is 18.1. The quantitative estimate of drug-likeness (QED) is 0.893. The Hall–Kier alpha value is -2.25. The molecule has 2 aromatic rings. The molecule has 1 N–H and O–H groups in total. The van der Waals surface area contributed by atoms with E-state index in [1.807, 2.05) is 24.3 Å². The second-order valence-electron chi connectivity index (χ2n) is 7.37. The van der Waals surface area contributed by atoms with Crippen molar-refractivity contribution >= 4 is 22.6 Å². The lowest BCUT2D eigenvalue weighted by Gasteiger charge is -2.35. The van der Waals surface area contributed by atoms with Gasteiger partial charge in [-0.25, -0.2) is 9.97 Å². The van der Waals surface area contributed by atoms with Crippen LogP contribution in [0.15, 0.2) is 30.6 Å². The molecule has 4 rings (SSSR count). The normalized spacial score (nSPS) is 25.8. The molecule has 0 radical (unpaired) electrons. The predicted octanol–water partition coefficient (Wildman–Crippen LogP) is 1.36. The highest BCUT2D eigenvalue weighted by molar-refractivity contribution is 5.88. The molecule has 2 aliphatic heterocycles. The van der Waals surface area contributed by atoms with Gasteiger partial charge in [-0.15, -0.1) is 0 Å². The van der Waals surface area contributed by atoms with E-state index in [0.29, 0.717) is 25.1 Å². The van der Waals surface area contributed by atoms with Gasteiger partial charge in [0.25, 0.3) is 0 Å². The Bertz CT molecular complexity index is 791. The Kier molecular flexibility index (Phi) is 4.74. The van der Waals surface area contributed by atoms with Gasteiger partial charge in [0, 0.05) is 44.7 Å². The highest BCUT2D eigenvalue weighted by Crippen LogP contribution is 2.28. The van der Waals surface area contributed by atoms with Crippen LogP contribution in [0.25, 0.3) is 10.9 Å². The van der Waals surface area contributed by atoms with Gasteiger partial charge in [-0.1, -0.05) is 12.1 Å². The summed E-state index contributed by atoms with van der Waals surface area (Å²) in [7, 11) is 3.58. The number of carbonyl (C=O) groups is 1. The fourth-order valence-corrected chi connectivity index (χ4v) is 3.86. The lowest BCUT2D eigenvalue weighted by Crippen LogP contribution is -2.47. The van der Waals surface area contributed by atoms with E-state index in [0.717, 1.165) is 36.2 Å². The summed E-state index contributed by atoms with van der Waals surface area (Å²) in [6.45, 7) is 2.44.